The van der Waals surface area contributed by atoms with E-state index in [9.17, 15) is 9.59 Å². The van der Waals surface area contributed by atoms with Crippen LogP contribution < -0.4 is 10.2 Å². The Morgan fingerprint density at radius 1 is 1.15 bits per heavy atom. The molecule has 1 aliphatic carbocycles. The van der Waals surface area contributed by atoms with Gasteiger partial charge in [0.1, 0.15) is 6.26 Å². The monoisotopic (exact) mass is 365 g/mol. The van der Waals surface area contributed by atoms with Gasteiger partial charge in [0.2, 0.25) is 5.91 Å². The first kappa shape index (κ1) is 16.4. The Labute approximate surface area is 158 Å². The molecule has 1 saturated heterocycles. The summed E-state index contributed by atoms with van der Waals surface area (Å²) < 4.78 is 5.20. The Morgan fingerprint density at radius 3 is 2.63 bits per heavy atom. The molecule has 6 nitrogen and oxygen atoms in total. The molecule has 27 heavy (non-hydrogen) atoms. The highest BCUT2D eigenvalue weighted by atomic mass is 16.3. The van der Waals surface area contributed by atoms with Crippen LogP contribution in [0.5, 0.6) is 0 Å². The summed E-state index contributed by atoms with van der Waals surface area (Å²) in [7, 11) is 0. The fourth-order valence-electron chi connectivity index (χ4n) is 4.46. The van der Waals surface area contributed by atoms with E-state index in [1.54, 1.807) is 17.4 Å². The van der Waals surface area contributed by atoms with Crippen LogP contribution in [-0.2, 0) is 10.2 Å². The summed E-state index contributed by atoms with van der Waals surface area (Å²) in [5, 5.41) is 3.07. The number of furan rings is 1. The molecule has 0 bridgehead atoms. The SMILES string of the molecule is O=C(NC1CC1)N1CCC2(CC1)CC(=O)N(c1ccoc1)c1ccccc12. The summed E-state index contributed by atoms with van der Waals surface area (Å²) in [5.41, 5.74) is 2.72. The lowest BCUT2D eigenvalue weighted by Gasteiger charge is -2.47. The first-order chi connectivity index (χ1) is 13.2. The van der Waals surface area contributed by atoms with E-state index in [-0.39, 0.29) is 17.4 Å². The minimum Gasteiger partial charge on any atom is -0.470 e. The van der Waals surface area contributed by atoms with Crippen LogP contribution in [0.4, 0.5) is 16.2 Å². The minimum absolute atomic E-state index is 0.0443. The number of fused-ring (bicyclic) bond motifs is 2. The number of urea groups is 1. The van der Waals surface area contributed by atoms with E-state index in [0.717, 1.165) is 37.1 Å². The number of nitrogens with one attached hydrogen (secondary N) is 1. The van der Waals surface area contributed by atoms with Gasteiger partial charge in [-0.2, -0.15) is 0 Å². The van der Waals surface area contributed by atoms with Crippen molar-refractivity contribution in [1.82, 2.24) is 10.2 Å². The van der Waals surface area contributed by atoms with E-state index in [2.05, 4.69) is 11.4 Å². The number of carbonyl (C=O) groups excluding carboxylic acids is 2. The molecule has 1 saturated carbocycles. The number of likely N-dealkylation sites (tertiary alicyclic amines) is 1. The molecule has 1 spiro atoms. The lowest BCUT2D eigenvalue weighted by molar-refractivity contribution is -0.120. The third-order valence-electron chi connectivity index (χ3n) is 6.13. The van der Waals surface area contributed by atoms with Gasteiger partial charge in [-0.05, 0) is 37.3 Å². The largest absolute Gasteiger partial charge is 0.470 e. The number of anilines is 2. The maximum atomic E-state index is 13.1. The highest BCUT2D eigenvalue weighted by Gasteiger charge is 2.46. The summed E-state index contributed by atoms with van der Waals surface area (Å²) >= 11 is 0. The molecule has 1 aromatic heterocycles. The van der Waals surface area contributed by atoms with Crippen LogP contribution in [0.25, 0.3) is 0 Å². The van der Waals surface area contributed by atoms with Crippen molar-refractivity contribution in [3.63, 3.8) is 0 Å². The lowest BCUT2D eigenvalue weighted by atomic mass is 9.67. The van der Waals surface area contributed by atoms with Gasteiger partial charge < -0.3 is 14.6 Å². The first-order valence-electron chi connectivity index (χ1n) is 9.66. The van der Waals surface area contributed by atoms with Crippen LogP contribution in [0.3, 0.4) is 0 Å². The van der Waals surface area contributed by atoms with Gasteiger partial charge in [-0.25, -0.2) is 4.79 Å². The molecule has 140 valence electrons. The zero-order valence-electron chi connectivity index (χ0n) is 15.2. The molecule has 0 radical (unpaired) electrons. The van der Waals surface area contributed by atoms with Gasteiger partial charge in [0, 0.05) is 37.0 Å². The van der Waals surface area contributed by atoms with Crippen molar-refractivity contribution in [2.24, 2.45) is 0 Å². The number of para-hydroxylation sites is 1. The second-order valence-electron chi connectivity index (χ2n) is 7.90. The van der Waals surface area contributed by atoms with Crippen molar-refractivity contribution in [3.05, 3.63) is 48.4 Å². The average molecular weight is 365 g/mol. The molecule has 0 atom stereocenters. The van der Waals surface area contributed by atoms with Crippen molar-refractivity contribution in [3.8, 4) is 0 Å². The third kappa shape index (κ3) is 2.80. The molecule has 1 N–H and O–H groups in total. The number of hydrogen-bond acceptors (Lipinski definition) is 3. The van der Waals surface area contributed by atoms with Gasteiger partial charge in [0.25, 0.3) is 0 Å². The highest BCUT2D eigenvalue weighted by molar-refractivity contribution is 6.04. The van der Waals surface area contributed by atoms with Crippen LogP contribution in [-0.4, -0.2) is 36.0 Å². The van der Waals surface area contributed by atoms with Gasteiger partial charge in [-0.3, -0.25) is 9.69 Å². The van der Waals surface area contributed by atoms with Crippen LogP contribution in [0, 0.1) is 0 Å². The summed E-state index contributed by atoms with van der Waals surface area (Å²) in [6, 6.07) is 10.4. The third-order valence-corrected chi connectivity index (χ3v) is 6.13. The van der Waals surface area contributed by atoms with Crippen molar-refractivity contribution in [2.45, 2.75) is 43.6 Å². The molecule has 3 heterocycles. The number of hydrogen-bond donors (Lipinski definition) is 1. The van der Waals surface area contributed by atoms with E-state index in [1.807, 2.05) is 29.2 Å². The fraction of sp³-hybridized carbons (Fsp3) is 0.429. The zero-order valence-corrected chi connectivity index (χ0v) is 15.2. The quantitative estimate of drug-likeness (QED) is 0.885. The first-order valence-corrected chi connectivity index (χ1v) is 9.66. The molecule has 3 aliphatic rings. The average Bonchev–Trinajstić information content (AvgIpc) is 3.33. The Bertz CT molecular complexity index is 865. The van der Waals surface area contributed by atoms with Gasteiger partial charge in [-0.1, -0.05) is 18.2 Å². The Hall–Kier alpha value is -2.76. The van der Waals surface area contributed by atoms with Gasteiger partial charge in [-0.15, -0.1) is 0 Å². The molecule has 5 rings (SSSR count). The maximum absolute atomic E-state index is 13.1. The molecule has 2 fully saturated rings. The topological polar surface area (TPSA) is 65.8 Å². The normalized spacial score (nSPS) is 21.3. The second kappa shape index (κ2) is 6.15. The van der Waals surface area contributed by atoms with Crippen LogP contribution >= 0.6 is 0 Å². The molecular weight excluding hydrogens is 342 g/mol. The number of piperidine rings is 1. The predicted molar refractivity (Wildman–Crippen MR) is 101 cm³/mol. The maximum Gasteiger partial charge on any atom is 0.317 e. The number of benzene rings is 1. The van der Waals surface area contributed by atoms with E-state index >= 15 is 0 Å². The van der Waals surface area contributed by atoms with E-state index in [4.69, 9.17) is 4.42 Å². The Balaban J connectivity index is 1.42. The standard InChI is InChI=1S/C21H23N3O3/c25-19-13-21(8-10-23(11-9-21)20(26)22-15-5-6-15)17-3-1-2-4-18(17)24(19)16-7-12-27-14-16/h1-4,7,12,14-15H,5-6,8-11,13H2,(H,22,26). The van der Waals surface area contributed by atoms with Crippen molar-refractivity contribution >= 4 is 23.3 Å². The molecular formula is C21H23N3O3. The number of nitrogens with zero attached hydrogens (tertiary/aromatic N) is 2. The lowest BCUT2D eigenvalue weighted by Crippen LogP contribution is -2.52. The number of carbonyl (C=O) groups is 2. The molecule has 0 unspecified atom stereocenters. The fourth-order valence-corrected chi connectivity index (χ4v) is 4.46. The summed E-state index contributed by atoms with van der Waals surface area (Å²) in [6.07, 6.45) is 7.47. The summed E-state index contributed by atoms with van der Waals surface area (Å²) in [5.74, 6) is 0.0889. The van der Waals surface area contributed by atoms with Gasteiger partial charge in [0.15, 0.2) is 0 Å². The van der Waals surface area contributed by atoms with E-state index in [0.29, 0.717) is 25.6 Å². The van der Waals surface area contributed by atoms with E-state index < -0.39 is 0 Å². The number of amides is 3. The Kier molecular flexibility index (Phi) is 3.74. The van der Waals surface area contributed by atoms with Crippen molar-refractivity contribution < 1.29 is 14.0 Å². The van der Waals surface area contributed by atoms with E-state index in [1.165, 1.54) is 5.56 Å². The summed E-state index contributed by atoms with van der Waals surface area (Å²) in [6.45, 7) is 1.37. The molecule has 6 heteroatoms. The molecule has 1 aromatic carbocycles. The Morgan fingerprint density at radius 2 is 1.93 bits per heavy atom. The van der Waals surface area contributed by atoms with Gasteiger partial charge >= 0.3 is 6.03 Å². The number of rotatable bonds is 2. The zero-order chi connectivity index (χ0) is 18.4. The highest BCUT2D eigenvalue weighted by Crippen LogP contribution is 2.48. The molecule has 3 amide bonds. The van der Waals surface area contributed by atoms with Crippen molar-refractivity contribution in [1.29, 1.82) is 0 Å². The predicted octanol–water partition coefficient (Wildman–Crippen LogP) is 3.55. The van der Waals surface area contributed by atoms with Crippen LogP contribution in [0.1, 0.15) is 37.7 Å². The molecule has 2 aromatic rings. The second-order valence-corrected chi connectivity index (χ2v) is 7.90. The smallest absolute Gasteiger partial charge is 0.317 e. The van der Waals surface area contributed by atoms with Crippen LogP contribution in [0.2, 0.25) is 0 Å². The summed E-state index contributed by atoms with van der Waals surface area (Å²) in [4.78, 5) is 29.1. The van der Waals surface area contributed by atoms with Gasteiger partial charge in [0.05, 0.1) is 17.6 Å². The van der Waals surface area contributed by atoms with Crippen LogP contribution in [0.15, 0.2) is 47.3 Å². The van der Waals surface area contributed by atoms with Crippen molar-refractivity contribution in [2.75, 3.05) is 18.0 Å². The minimum atomic E-state index is -0.190. The molecule has 2 aliphatic heterocycles.